The molecule has 0 spiro atoms. The lowest BCUT2D eigenvalue weighted by atomic mass is 10.3. The fourth-order valence-corrected chi connectivity index (χ4v) is 2.13. The number of nitrogens with zero attached hydrogens (tertiary/aromatic N) is 3. The lowest BCUT2D eigenvalue weighted by molar-refractivity contribution is -0.385. The summed E-state index contributed by atoms with van der Waals surface area (Å²) < 4.78 is 13.3. The topological polar surface area (TPSA) is 78.2 Å². The highest BCUT2D eigenvalue weighted by molar-refractivity contribution is 9.10. The number of rotatable bonds is 3. The van der Waals surface area contributed by atoms with E-state index < -0.39 is 4.92 Å². The Morgan fingerprint density at radius 1 is 1.41 bits per heavy atom. The molecule has 0 saturated carbocycles. The Bertz CT molecular complexity index is 577. The van der Waals surface area contributed by atoms with Gasteiger partial charge in [0, 0.05) is 10.5 Å². The van der Waals surface area contributed by atoms with Crippen LogP contribution in [0.15, 0.2) is 22.7 Å². The SMILES string of the molecule is O=[N+]([O-])c1cc(Br)cc(Oc2nsnc2Cl)c1. The molecular weight excluding hydrogens is 334 g/mol. The van der Waals surface area contributed by atoms with Crippen LogP contribution in [0.3, 0.4) is 0 Å². The summed E-state index contributed by atoms with van der Waals surface area (Å²) in [7, 11) is 0. The Labute approximate surface area is 113 Å². The van der Waals surface area contributed by atoms with Gasteiger partial charge >= 0.3 is 0 Å². The normalized spacial score (nSPS) is 10.2. The highest BCUT2D eigenvalue weighted by Crippen LogP contribution is 2.31. The van der Waals surface area contributed by atoms with Gasteiger partial charge in [0.05, 0.1) is 22.7 Å². The van der Waals surface area contributed by atoms with Crippen LogP contribution in [-0.4, -0.2) is 13.7 Å². The van der Waals surface area contributed by atoms with E-state index in [4.69, 9.17) is 16.3 Å². The van der Waals surface area contributed by atoms with Crippen molar-refractivity contribution in [1.29, 1.82) is 0 Å². The average Bonchev–Trinajstić information content (AvgIpc) is 2.63. The van der Waals surface area contributed by atoms with E-state index >= 15 is 0 Å². The van der Waals surface area contributed by atoms with E-state index in [9.17, 15) is 10.1 Å². The molecule has 17 heavy (non-hydrogen) atoms. The first-order chi connectivity index (χ1) is 8.06. The van der Waals surface area contributed by atoms with Crippen molar-refractivity contribution < 1.29 is 9.66 Å². The third kappa shape index (κ3) is 2.90. The van der Waals surface area contributed by atoms with Crippen LogP contribution in [0.2, 0.25) is 5.15 Å². The van der Waals surface area contributed by atoms with Gasteiger partial charge in [-0.05, 0) is 6.07 Å². The summed E-state index contributed by atoms with van der Waals surface area (Å²) in [6, 6.07) is 4.22. The smallest absolute Gasteiger partial charge is 0.274 e. The number of ether oxygens (including phenoxy) is 1. The monoisotopic (exact) mass is 335 g/mol. The number of non-ortho nitro benzene ring substituents is 1. The van der Waals surface area contributed by atoms with Gasteiger partial charge in [-0.2, -0.15) is 4.37 Å². The van der Waals surface area contributed by atoms with E-state index in [1.807, 2.05) is 0 Å². The Hall–Kier alpha value is -1.25. The van der Waals surface area contributed by atoms with Gasteiger partial charge in [-0.3, -0.25) is 10.1 Å². The van der Waals surface area contributed by atoms with Gasteiger partial charge in [-0.25, -0.2) is 0 Å². The van der Waals surface area contributed by atoms with Gasteiger partial charge in [-0.1, -0.05) is 27.5 Å². The largest absolute Gasteiger partial charge is 0.435 e. The van der Waals surface area contributed by atoms with Crippen LogP contribution < -0.4 is 4.74 Å². The zero-order valence-electron chi connectivity index (χ0n) is 7.96. The van der Waals surface area contributed by atoms with Gasteiger partial charge in [0.1, 0.15) is 5.75 Å². The van der Waals surface area contributed by atoms with E-state index in [1.165, 1.54) is 12.1 Å². The molecular formula is C8H3BrClN3O3S. The molecule has 0 saturated heterocycles. The van der Waals surface area contributed by atoms with E-state index in [0.29, 0.717) is 4.47 Å². The molecule has 0 radical (unpaired) electrons. The summed E-state index contributed by atoms with van der Waals surface area (Å²) in [4.78, 5) is 10.1. The van der Waals surface area contributed by atoms with Crippen LogP contribution in [0.4, 0.5) is 5.69 Å². The molecule has 0 amide bonds. The van der Waals surface area contributed by atoms with Crippen molar-refractivity contribution in [1.82, 2.24) is 8.75 Å². The second-order valence-electron chi connectivity index (χ2n) is 2.86. The van der Waals surface area contributed by atoms with E-state index in [2.05, 4.69) is 24.7 Å². The molecule has 6 nitrogen and oxygen atoms in total. The van der Waals surface area contributed by atoms with Gasteiger partial charge in [-0.15, -0.1) is 4.37 Å². The van der Waals surface area contributed by atoms with Crippen molar-refractivity contribution in [3.8, 4) is 11.6 Å². The van der Waals surface area contributed by atoms with Crippen molar-refractivity contribution in [3.63, 3.8) is 0 Å². The fraction of sp³-hybridized carbons (Fsp3) is 0. The summed E-state index contributed by atoms with van der Waals surface area (Å²) in [5.41, 5.74) is -0.0892. The number of halogens is 2. The van der Waals surface area contributed by atoms with E-state index in [-0.39, 0.29) is 22.5 Å². The summed E-state index contributed by atoms with van der Waals surface area (Å²) in [6.07, 6.45) is 0. The minimum Gasteiger partial charge on any atom is -0.435 e. The number of benzene rings is 1. The first-order valence-electron chi connectivity index (χ1n) is 4.17. The van der Waals surface area contributed by atoms with Crippen molar-refractivity contribution in [2.45, 2.75) is 0 Å². The third-order valence-electron chi connectivity index (χ3n) is 1.70. The minimum atomic E-state index is -0.515. The maximum atomic E-state index is 10.7. The van der Waals surface area contributed by atoms with E-state index in [0.717, 1.165) is 11.7 Å². The van der Waals surface area contributed by atoms with Gasteiger partial charge in [0.25, 0.3) is 11.6 Å². The zero-order chi connectivity index (χ0) is 12.4. The molecule has 1 heterocycles. The second-order valence-corrected chi connectivity index (χ2v) is 4.67. The number of hydrogen-bond acceptors (Lipinski definition) is 6. The number of nitro groups is 1. The Kier molecular flexibility index (Phi) is 3.55. The predicted octanol–water partition coefficient (Wildman–Crippen LogP) is 3.65. The molecule has 1 aromatic heterocycles. The summed E-state index contributed by atoms with van der Waals surface area (Å²) in [6.45, 7) is 0. The molecule has 0 fully saturated rings. The van der Waals surface area contributed by atoms with Gasteiger partial charge < -0.3 is 4.74 Å². The summed E-state index contributed by atoms with van der Waals surface area (Å²) in [5.74, 6) is 0.393. The summed E-state index contributed by atoms with van der Waals surface area (Å²) in [5, 5.41) is 10.8. The quantitative estimate of drug-likeness (QED) is 0.631. The van der Waals surface area contributed by atoms with Crippen LogP contribution in [0.1, 0.15) is 0 Å². The fourth-order valence-electron chi connectivity index (χ4n) is 1.05. The molecule has 1 aromatic carbocycles. The van der Waals surface area contributed by atoms with Crippen molar-refractivity contribution in [2.24, 2.45) is 0 Å². The molecule has 2 rings (SSSR count). The Morgan fingerprint density at radius 3 is 2.76 bits per heavy atom. The van der Waals surface area contributed by atoms with Crippen LogP contribution in [0, 0.1) is 10.1 Å². The highest BCUT2D eigenvalue weighted by Gasteiger charge is 2.13. The molecule has 0 atom stereocenters. The molecule has 2 aromatic rings. The maximum absolute atomic E-state index is 10.7. The zero-order valence-corrected chi connectivity index (χ0v) is 11.1. The molecule has 0 N–H and O–H groups in total. The molecule has 0 aliphatic heterocycles. The van der Waals surface area contributed by atoms with Crippen LogP contribution in [-0.2, 0) is 0 Å². The second kappa shape index (κ2) is 4.94. The van der Waals surface area contributed by atoms with Crippen LogP contribution in [0.5, 0.6) is 11.6 Å². The number of hydrogen-bond donors (Lipinski definition) is 0. The van der Waals surface area contributed by atoms with Crippen molar-refractivity contribution in [3.05, 3.63) is 37.9 Å². The number of nitro benzene ring substituents is 1. The molecule has 0 unspecified atom stereocenters. The molecule has 0 aliphatic carbocycles. The Balaban J connectivity index is 2.33. The van der Waals surface area contributed by atoms with Gasteiger partial charge in [0.15, 0.2) is 0 Å². The Morgan fingerprint density at radius 2 is 2.18 bits per heavy atom. The van der Waals surface area contributed by atoms with Crippen LogP contribution >= 0.6 is 39.3 Å². The highest BCUT2D eigenvalue weighted by atomic mass is 79.9. The lowest BCUT2D eigenvalue weighted by Crippen LogP contribution is -1.90. The molecule has 0 bridgehead atoms. The standard InChI is InChI=1S/C8H3BrClN3O3S/c9-4-1-5(13(14)15)3-6(2-4)16-8-7(10)11-17-12-8/h1-3H. The third-order valence-corrected chi connectivity index (χ3v) is 3.02. The van der Waals surface area contributed by atoms with Crippen LogP contribution in [0.25, 0.3) is 0 Å². The lowest BCUT2D eigenvalue weighted by Gasteiger charge is -2.02. The first kappa shape index (κ1) is 12.2. The van der Waals surface area contributed by atoms with Crippen molar-refractivity contribution >= 4 is 44.9 Å². The maximum Gasteiger partial charge on any atom is 0.274 e. The molecule has 0 aliphatic rings. The predicted molar refractivity (Wildman–Crippen MR) is 65.8 cm³/mol. The minimum absolute atomic E-state index is 0.0892. The van der Waals surface area contributed by atoms with Crippen molar-refractivity contribution in [2.75, 3.05) is 0 Å². The van der Waals surface area contributed by atoms with Gasteiger partial charge in [0.2, 0.25) is 5.15 Å². The number of aromatic nitrogens is 2. The average molecular weight is 337 g/mol. The molecule has 9 heteroatoms. The molecule has 88 valence electrons. The van der Waals surface area contributed by atoms with E-state index in [1.54, 1.807) is 6.07 Å². The summed E-state index contributed by atoms with van der Waals surface area (Å²) >= 11 is 9.75. The first-order valence-corrected chi connectivity index (χ1v) is 6.07.